The third-order valence-electron chi connectivity index (χ3n) is 5.85. The molecule has 1 N–H and O–H groups in total. The van der Waals surface area contributed by atoms with Crippen molar-refractivity contribution in [2.75, 3.05) is 24.9 Å². The fourth-order valence-electron chi connectivity index (χ4n) is 4.42. The van der Waals surface area contributed by atoms with Crippen molar-refractivity contribution in [1.29, 1.82) is 0 Å². The number of sulfone groups is 2. The quantitative estimate of drug-likeness (QED) is 0.753. The van der Waals surface area contributed by atoms with Gasteiger partial charge in [-0.1, -0.05) is 20.8 Å². The van der Waals surface area contributed by atoms with Gasteiger partial charge in [0.05, 0.1) is 21.6 Å². The van der Waals surface area contributed by atoms with E-state index in [1.807, 2.05) is 0 Å². The lowest BCUT2D eigenvalue weighted by molar-refractivity contribution is -0.150. The van der Waals surface area contributed by atoms with Crippen molar-refractivity contribution >= 4 is 25.4 Å². The van der Waals surface area contributed by atoms with E-state index in [4.69, 9.17) is 4.74 Å². The van der Waals surface area contributed by atoms with Crippen molar-refractivity contribution in [2.24, 2.45) is 11.3 Å². The molecule has 148 valence electrons. The Morgan fingerprint density at radius 1 is 1.08 bits per heavy atom. The number of hydrogen-bond donors (Lipinski definition) is 1. The van der Waals surface area contributed by atoms with Crippen molar-refractivity contribution in [1.82, 2.24) is 0 Å². The van der Waals surface area contributed by atoms with Gasteiger partial charge in [0.1, 0.15) is 0 Å². The van der Waals surface area contributed by atoms with Crippen LogP contribution in [0.5, 0.6) is 0 Å². The van der Waals surface area contributed by atoms with Crippen molar-refractivity contribution in [3.8, 4) is 0 Å². The molecule has 0 aromatic heterocycles. The summed E-state index contributed by atoms with van der Waals surface area (Å²) in [6, 6.07) is 4.29. The summed E-state index contributed by atoms with van der Waals surface area (Å²) in [5.41, 5.74) is 0.357. The van der Waals surface area contributed by atoms with E-state index in [9.17, 15) is 16.8 Å². The summed E-state index contributed by atoms with van der Waals surface area (Å²) in [5, 5.41) is 3.39. The maximum atomic E-state index is 12.3. The maximum Gasteiger partial charge on any atom is 0.177 e. The highest BCUT2D eigenvalue weighted by atomic mass is 32.2. The number of hydrogen-bond acceptors (Lipinski definition) is 6. The lowest BCUT2D eigenvalue weighted by Crippen LogP contribution is -2.66. The molecule has 0 aliphatic heterocycles. The highest BCUT2D eigenvalue weighted by Gasteiger charge is 2.58. The molecule has 1 aliphatic carbocycles. The smallest absolute Gasteiger partial charge is 0.177 e. The fraction of sp³-hybridized carbons (Fsp3) is 0.667. The van der Waals surface area contributed by atoms with Crippen LogP contribution in [-0.4, -0.2) is 48.6 Å². The van der Waals surface area contributed by atoms with Crippen LogP contribution in [0.2, 0.25) is 0 Å². The normalized spacial score (nSPS) is 25.5. The lowest BCUT2D eigenvalue weighted by atomic mass is 9.53. The zero-order valence-electron chi connectivity index (χ0n) is 16.2. The van der Waals surface area contributed by atoms with Crippen LogP contribution < -0.4 is 5.32 Å². The summed E-state index contributed by atoms with van der Waals surface area (Å²) in [5.74, 6) is 0.210. The van der Waals surface area contributed by atoms with Crippen LogP contribution in [0.15, 0.2) is 28.0 Å². The van der Waals surface area contributed by atoms with Crippen molar-refractivity contribution in [3.05, 3.63) is 18.2 Å². The van der Waals surface area contributed by atoms with E-state index in [0.29, 0.717) is 5.69 Å². The molecule has 0 spiro atoms. The van der Waals surface area contributed by atoms with Crippen LogP contribution in [0.3, 0.4) is 0 Å². The predicted octanol–water partition coefficient (Wildman–Crippen LogP) is 2.75. The van der Waals surface area contributed by atoms with Gasteiger partial charge in [-0.05, 0) is 31.0 Å². The Bertz CT molecular complexity index is 873. The fourth-order valence-corrected chi connectivity index (χ4v) is 6.01. The minimum absolute atomic E-state index is 0.00264. The van der Waals surface area contributed by atoms with Crippen LogP contribution in [-0.2, 0) is 24.4 Å². The maximum absolute atomic E-state index is 12.3. The molecule has 1 aliphatic rings. The van der Waals surface area contributed by atoms with Crippen molar-refractivity contribution in [3.63, 3.8) is 0 Å². The first-order valence-corrected chi connectivity index (χ1v) is 12.5. The Labute approximate surface area is 157 Å². The minimum atomic E-state index is -3.59. The minimum Gasteiger partial charge on any atom is -0.380 e. The zero-order valence-corrected chi connectivity index (χ0v) is 17.9. The number of nitrogens with one attached hydrogen (secondary N) is 1. The highest BCUT2D eigenvalue weighted by molar-refractivity contribution is 7.91. The summed E-state index contributed by atoms with van der Waals surface area (Å²) < 4.78 is 53.8. The van der Waals surface area contributed by atoms with Crippen LogP contribution >= 0.6 is 0 Å². The monoisotopic (exact) mass is 403 g/mol. The Kier molecular flexibility index (Phi) is 5.81. The van der Waals surface area contributed by atoms with E-state index in [1.54, 1.807) is 13.2 Å². The second-order valence-electron chi connectivity index (χ2n) is 7.28. The van der Waals surface area contributed by atoms with Crippen LogP contribution in [0.25, 0.3) is 0 Å². The van der Waals surface area contributed by atoms with Gasteiger partial charge in [-0.25, -0.2) is 16.8 Å². The second kappa shape index (κ2) is 7.13. The van der Waals surface area contributed by atoms with E-state index < -0.39 is 19.7 Å². The number of benzene rings is 1. The van der Waals surface area contributed by atoms with E-state index in [-0.39, 0.29) is 33.3 Å². The molecular weight excluding hydrogens is 374 g/mol. The third kappa shape index (κ3) is 3.51. The number of anilines is 1. The van der Waals surface area contributed by atoms with Gasteiger partial charge in [0.15, 0.2) is 19.7 Å². The Balaban J connectivity index is 2.50. The number of methoxy groups -OCH3 is 1. The highest BCUT2D eigenvalue weighted by Crippen LogP contribution is 2.53. The van der Waals surface area contributed by atoms with Gasteiger partial charge in [-0.3, -0.25) is 0 Å². The summed E-state index contributed by atoms with van der Waals surface area (Å²) in [6.45, 7) is 6.31. The summed E-state index contributed by atoms with van der Waals surface area (Å²) in [4.78, 5) is 0.00625. The average Bonchev–Trinajstić information content (AvgIpc) is 2.55. The molecule has 1 aromatic rings. The zero-order chi connectivity index (χ0) is 19.9. The van der Waals surface area contributed by atoms with Gasteiger partial charge >= 0.3 is 0 Å². The average molecular weight is 404 g/mol. The standard InChI is InChI=1S/C18H29NO5S2/c1-7-18(8-2)16(12(3)17(18)24-4)19-14-10-9-13(25(5,20)21)11-15(14)26(6,22)23/h9-12,16-17,19H,7-8H2,1-6H3/t12-,16+,17-/m0/s1. The largest absolute Gasteiger partial charge is 0.380 e. The second-order valence-corrected chi connectivity index (χ2v) is 11.3. The molecule has 0 amide bonds. The van der Waals surface area contributed by atoms with Gasteiger partial charge in [-0.15, -0.1) is 0 Å². The van der Waals surface area contributed by atoms with Gasteiger partial charge in [-0.2, -0.15) is 0 Å². The number of rotatable bonds is 7. The van der Waals surface area contributed by atoms with E-state index in [0.717, 1.165) is 25.4 Å². The van der Waals surface area contributed by atoms with Gasteiger partial charge < -0.3 is 10.1 Å². The van der Waals surface area contributed by atoms with Crippen LogP contribution in [0.4, 0.5) is 5.69 Å². The van der Waals surface area contributed by atoms with Crippen LogP contribution in [0, 0.1) is 11.3 Å². The summed E-state index contributed by atoms with van der Waals surface area (Å²) >= 11 is 0. The molecular formula is C18H29NO5S2. The van der Waals surface area contributed by atoms with Crippen molar-refractivity contribution < 1.29 is 21.6 Å². The van der Waals surface area contributed by atoms with E-state index in [1.165, 1.54) is 12.1 Å². The molecule has 0 heterocycles. The molecule has 6 nitrogen and oxygen atoms in total. The molecule has 1 aromatic carbocycles. The molecule has 2 rings (SSSR count). The molecule has 26 heavy (non-hydrogen) atoms. The first-order valence-electron chi connectivity index (χ1n) is 8.75. The molecule has 0 radical (unpaired) electrons. The first-order chi connectivity index (χ1) is 11.9. The van der Waals surface area contributed by atoms with Gasteiger partial charge in [0, 0.05) is 37.0 Å². The molecule has 3 atom stereocenters. The van der Waals surface area contributed by atoms with E-state index in [2.05, 4.69) is 26.1 Å². The molecule has 0 saturated heterocycles. The molecule has 1 saturated carbocycles. The Hall–Kier alpha value is -1.12. The number of ether oxygens (including phenoxy) is 1. The third-order valence-corrected chi connectivity index (χ3v) is 8.10. The molecule has 0 bridgehead atoms. The van der Waals surface area contributed by atoms with Crippen molar-refractivity contribution in [2.45, 2.75) is 55.5 Å². The van der Waals surface area contributed by atoms with Gasteiger partial charge in [0.2, 0.25) is 0 Å². The van der Waals surface area contributed by atoms with Crippen LogP contribution in [0.1, 0.15) is 33.6 Å². The van der Waals surface area contributed by atoms with E-state index >= 15 is 0 Å². The predicted molar refractivity (Wildman–Crippen MR) is 103 cm³/mol. The summed E-state index contributed by atoms with van der Waals surface area (Å²) in [6.07, 6.45) is 4.07. The van der Waals surface area contributed by atoms with Gasteiger partial charge in [0.25, 0.3) is 0 Å². The molecule has 0 unspecified atom stereocenters. The Morgan fingerprint density at radius 3 is 2.08 bits per heavy atom. The lowest BCUT2D eigenvalue weighted by Gasteiger charge is -2.60. The summed E-state index contributed by atoms with van der Waals surface area (Å²) in [7, 11) is -5.37. The topological polar surface area (TPSA) is 89.5 Å². The first kappa shape index (κ1) is 21.2. The molecule has 1 fully saturated rings. The Morgan fingerprint density at radius 2 is 1.65 bits per heavy atom. The molecule has 8 heteroatoms. The SMILES string of the molecule is CCC1(CC)[C@H](Nc2ccc(S(C)(=O)=O)cc2S(C)(=O)=O)[C@H](C)[C@@H]1OC.